The second kappa shape index (κ2) is 29.6. The van der Waals surface area contributed by atoms with E-state index in [2.05, 4.69) is 0 Å². The Kier molecular flexibility index (Phi) is 22.5. The number of esters is 2. The van der Waals surface area contributed by atoms with E-state index in [4.69, 9.17) is 59.2 Å². The van der Waals surface area contributed by atoms with Gasteiger partial charge in [0.2, 0.25) is 18.8 Å². The van der Waals surface area contributed by atoms with Gasteiger partial charge in [-0.05, 0) is 60.4 Å². The second-order valence-corrected chi connectivity index (χ2v) is 25.6. The van der Waals surface area contributed by atoms with Gasteiger partial charge in [-0.2, -0.15) is 30.0 Å². The smallest absolute Gasteiger partial charge is 0.485 e. The summed E-state index contributed by atoms with van der Waals surface area (Å²) in [4.78, 5) is 26.5. The van der Waals surface area contributed by atoms with E-state index in [0.717, 1.165) is 33.4 Å². The third-order valence-corrected chi connectivity index (χ3v) is 17.2. The third-order valence-electron chi connectivity index (χ3n) is 14.1. The lowest BCUT2D eigenvalue weighted by Crippen LogP contribution is -2.53. The fraction of sp³-hybridized carbons (Fsp3) is 0.339. The minimum absolute atomic E-state index is 0.0311. The minimum atomic E-state index is -6.09. The van der Waals surface area contributed by atoms with Crippen molar-refractivity contribution >= 4 is 42.3 Å². The van der Waals surface area contributed by atoms with E-state index >= 15 is 0 Å². The van der Waals surface area contributed by atoms with E-state index in [1.807, 2.05) is 135 Å². The zero-order valence-electron chi connectivity index (χ0n) is 48.5. The lowest BCUT2D eigenvalue weighted by atomic mass is 9.96. The number of benzene rings is 6. The van der Waals surface area contributed by atoms with Crippen LogP contribution in [0.4, 0.5) is 13.2 Å². The predicted molar refractivity (Wildman–Crippen MR) is 308 cm³/mol. The summed E-state index contributed by atoms with van der Waals surface area (Å²) in [5.74, 6) is -1.41. The normalized spacial score (nSPS) is 22.0. The van der Waals surface area contributed by atoms with Gasteiger partial charge in [0.25, 0.3) is 20.2 Å². The van der Waals surface area contributed by atoms with Crippen LogP contribution in [0.2, 0.25) is 0 Å². The molecule has 27 heteroatoms. The zero-order valence-corrected chi connectivity index (χ0v) is 51.0. The largest absolute Gasteiger partial charge is 0.741 e. The van der Waals surface area contributed by atoms with Crippen molar-refractivity contribution in [2.75, 3.05) is 26.4 Å². The molecule has 7 aromatic rings. The molecule has 9 rings (SSSR count). The van der Waals surface area contributed by atoms with Crippen LogP contribution in [0.1, 0.15) is 59.7 Å². The van der Waals surface area contributed by atoms with Crippen LogP contribution in [0, 0.1) is 13.8 Å². The van der Waals surface area contributed by atoms with Gasteiger partial charge in [-0.1, -0.05) is 157 Å². The fourth-order valence-electron chi connectivity index (χ4n) is 9.71. The number of ether oxygens (including phenoxy) is 8. The maximum absolute atomic E-state index is 14.1. The molecule has 2 aliphatic rings. The van der Waals surface area contributed by atoms with E-state index in [1.165, 1.54) is 38.1 Å². The van der Waals surface area contributed by atoms with Crippen molar-refractivity contribution < 1.29 is 103 Å². The molecule has 0 amide bonds. The molecule has 0 unspecified atom stereocenters. The Balaban J connectivity index is 0.00000120. The van der Waals surface area contributed by atoms with Crippen LogP contribution >= 0.6 is 0 Å². The van der Waals surface area contributed by atoms with E-state index in [0.29, 0.717) is 0 Å². The lowest BCUT2D eigenvalue weighted by Gasteiger charge is -2.33. The Morgan fingerprint density at radius 1 is 0.539 bits per heavy atom. The highest BCUT2D eigenvalue weighted by atomic mass is 32.2. The molecular weight excluding hydrogens is 1230 g/mol. The molecule has 2 fully saturated rings. The number of alkyl halides is 3. The zero-order chi connectivity index (χ0) is 64.0. The van der Waals surface area contributed by atoms with Crippen LogP contribution < -0.4 is 4.57 Å². The lowest BCUT2D eigenvalue weighted by molar-refractivity contribution is -0.767. The van der Waals surface area contributed by atoms with Crippen molar-refractivity contribution in [3.05, 3.63) is 222 Å². The molecule has 476 valence electrons. The molecule has 2 saturated heterocycles. The average molecular weight is 1300 g/mol. The molecule has 3 heterocycles. The molecule has 0 saturated carbocycles. The first-order valence-electron chi connectivity index (χ1n) is 27.5. The van der Waals surface area contributed by atoms with Crippen molar-refractivity contribution in [2.45, 2.75) is 117 Å². The van der Waals surface area contributed by atoms with Crippen LogP contribution in [0.25, 0.3) is 0 Å². The second-order valence-electron chi connectivity index (χ2n) is 21.0. The van der Waals surface area contributed by atoms with Crippen LogP contribution in [-0.4, -0.2) is 114 Å². The molecule has 0 aliphatic carbocycles. The number of hydrogen-bond acceptors (Lipinski definition) is 19. The highest BCUT2D eigenvalue weighted by molar-refractivity contribution is 7.87. The Hall–Kier alpha value is -7.25. The van der Waals surface area contributed by atoms with E-state index < -0.39 is 109 Å². The summed E-state index contributed by atoms with van der Waals surface area (Å²) in [5.41, 5.74) is -4.48. The van der Waals surface area contributed by atoms with Gasteiger partial charge in [0, 0.05) is 13.8 Å². The summed E-state index contributed by atoms with van der Waals surface area (Å²) in [6.45, 7) is 4.25. The van der Waals surface area contributed by atoms with Crippen molar-refractivity contribution in [3.8, 4) is 0 Å². The molecule has 6 aromatic carbocycles. The molecule has 1 aromatic heterocycles. The maximum Gasteiger partial charge on any atom is 0.485 e. The highest BCUT2D eigenvalue weighted by Gasteiger charge is 2.64. The minimum Gasteiger partial charge on any atom is -0.741 e. The van der Waals surface area contributed by atoms with Gasteiger partial charge in [0.05, 0.1) is 49.4 Å². The maximum atomic E-state index is 14.1. The van der Waals surface area contributed by atoms with Crippen LogP contribution in [-0.2, 0) is 113 Å². The summed E-state index contributed by atoms with van der Waals surface area (Å²) >= 11 is 0. The number of carbonyl (C=O) groups excluding carboxylic acids is 2. The number of aromatic nitrogens is 2. The Labute approximate surface area is 513 Å². The van der Waals surface area contributed by atoms with Crippen molar-refractivity contribution in [1.82, 2.24) is 4.57 Å². The Morgan fingerprint density at radius 2 is 0.899 bits per heavy atom. The van der Waals surface area contributed by atoms with Gasteiger partial charge in [-0.25, -0.2) is 17.6 Å². The van der Waals surface area contributed by atoms with E-state index in [1.54, 1.807) is 52.1 Å². The molecule has 0 bridgehead atoms. The Bertz CT molecular complexity index is 3560. The summed E-state index contributed by atoms with van der Waals surface area (Å²) < 4.78 is 183. The topological polar surface area (TPSA) is 261 Å². The van der Waals surface area contributed by atoms with Gasteiger partial charge in [0.1, 0.15) is 37.8 Å². The van der Waals surface area contributed by atoms with Crippen molar-refractivity contribution in [2.24, 2.45) is 0 Å². The number of halogens is 3. The molecule has 8 atom stereocenters. The van der Waals surface area contributed by atoms with Gasteiger partial charge in [-0.3, -0.25) is 18.0 Å². The molecule has 0 spiro atoms. The van der Waals surface area contributed by atoms with Gasteiger partial charge in [-0.15, -0.1) is 0 Å². The predicted octanol–water partition coefficient (Wildman–Crippen LogP) is 8.26. The summed E-state index contributed by atoms with van der Waals surface area (Å²) in [6, 6.07) is 49.5. The Morgan fingerprint density at radius 3 is 1.28 bits per heavy atom. The van der Waals surface area contributed by atoms with Gasteiger partial charge < -0.3 is 42.4 Å². The summed E-state index contributed by atoms with van der Waals surface area (Å²) in [7, 11) is -15.0. The quantitative estimate of drug-likeness (QED) is 0.0162. The first-order chi connectivity index (χ1) is 42.3. The number of nitrogens with zero attached hydrogens (tertiary/aromatic N) is 2. The third kappa shape index (κ3) is 18.0. The SMILES string of the molecule is CC(=O)O[C@H]1[C@H](n2cc[n+]([C@@H]3O[C@@](COCc4ccccc4)(COS(=O)(=O)c4ccc(C)cc4)[C@@H](OCc4ccccc4)[C@H]3OC(C)=O)c2)O[C@@](COCc2ccccc2)(COS(=O)(=O)c2ccc(C)cc2)[C@H]1OCc1ccccc1.O=S(=O)([O-])C(F)(F)F. The molecule has 89 heavy (non-hydrogen) atoms. The molecule has 0 radical (unpaired) electrons. The number of hydrogen-bond donors (Lipinski definition) is 0. The monoisotopic (exact) mass is 1290 g/mol. The molecule has 21 nitrogen and oxygen atoms in total. The molecule has 2 aliphatic heterocycles. The summed E-state index contributed by atoms with van der Waals surface area (Å²) in [6.07, 6.45) is -2.97. The van der Waals surface area contributed by atoms with Crippen molar-refractivity contribution in [3.63, 3.8) is 0 Å². The van der Waals surface area contributed by atoms with Crippen LogP contribution in [0.15, 0.2) is 198 Å². The van der Waals surface area contributed by atoms with Crippen molar-refractivity contribution in [1.29, 1.82) is 0 Å². The van der Waals surface area contributed by atoms with Crippen LogP contribution in [0.5, 0.6) is 0 Å². The first-order valence-corrected chi connectivity index (χ1v) is 31.8. The van der Waals surface area contributed by atoms with Gasteiger partial charge in [0.15, 0.2) is 33.5 Å². The van der Waals surface area contributed by atoms with Crippen LogP contribution in [0.3, 0.4) is 0 Å². The van der Waals surface area contributed by atoms with Gasteiger partial charge >= 0.3 is 17.4 Å². The molecule has 0 N–H and O–H groups in total. The fourth-order valence-corrected chi connectivity index (χ4v) is 11.6. The highest BCUT2D eigenvalue weighted by Crippen LogP contribution is 2.44. The molecular formula is C62H65F3N2O19S3. The standard InChI is InChI=1S/C61H65N2O16S2.CHF3O3S/c1-44-25-29-52(30-26-44)80(66,67)74-41-60(39-70-35-48-17-9-5-10-18-48)56(72-37-50-21-13-7-14-22-50)54(76-46(3)64)58(78-60)62-33-34-63(43-62)59-55(77-47(4)65)57(73-38-51-23-15-8-16-24-51)61(79-59,40-71-36-49-19-11-6-12-20-49)42-75-81(68,69)53-31-27-45(2)28-32-53;2-1(3,4)8(5,6)7/h5-34,43,54-59H,35-42H2,1-4H3;(H,5,6,7)/q+1;/p-1/t54-,55-,56+,57+,58-,59-,60+,61+;/m1./s1. The number of imidazole rings is 1. The van der Waals surface area contributed by atoms with E-state index in [-0.39, 0.29) is 49.4 Å². The number of carbonyl (C=O) groups is 2. The van der Waals surface area contributed by atoms with E-state index in [9.17, 15) is 39.6 Å². The summed E-state index contributed by atoms with van der Waals surface area (Å²) in [5, 5.41) is 0. The number of aryl methyl sites for hydroxylation is 2. The number of rotatable bonds is 26. The first kappa shape index (κ1) is 67.7. The average Bonchev–Trinajstić information content (AvgIpc) is 1.63.